The average molecular weight is 259 g/mol. The van der Waals surface area contributed by atoms with Crippen LogP contribution >= 0.6 is 22.6 Å². The molecule has 0 aliphatic carbocycles. The van der Waals surface area contributed by atoms with Gasteiger partial charge in [0.1, 0.15) is 0 Å². The Balaban J connectivity index is 2.48. The van der Waals surface area contributed by atoms with Gasteiger partial charge >= 0.3 is 0 Å². The molecule has 5 heteroatoms. The zero-order chi connectivity index (χ0) is 6.85. The molecule has 52 valence electrons. The molecule has 0 N–H and O–H groups in total. The molecule has 0 radical (unpaired) electrons. The third-order valence-electron chi connectivity index (χ3n) is 1.14. The van der Waals surface area contributed by atoms with Gasteiger partial charge in [-0.2, -0.15) is 0 Å². The normalized spacial score (nSPS) is 26.8. The Morgan fingerprint density at radius 2 is 2.33 bits per heavy atom. The van der Waals surface area contributed by atoms with E-state index in [9.17, 15) is 9.00 Å². The van der Waals surface area contributed by atoms with Crippen molar-refractivity contribution in [2.75, 3.05) is 18.2 Å². The maximum Gasteiger partial charge on any atom is 0.283 e. The van der Waals surface area contributed by atoms with Gasteiger partial charge in [-0.1, -0.05) is 0 Å². The SMILES string of the molecule is O=C(I)N1CCS(=O)C1. The van der Waals surface area contributed by atoms with Crippen molar-refractivity contribution < 1.29 is 9.00 Å². The van der Waals surface area contributed by atoms with Crippen LogP contribution in [0.5, 0.6) is 0 Å². The summed E-state index contributed by atoms with van der Waals surface area (Å²) in [7, 11) is -0.773. The van der Waals surface area contributed by atoms with Crippen molar-refractivity contribution >= 4 is 37.3 Å². The first-order valence-electron chi connectivity index (χ1n) is 2.49. The molecule has 1 fully saturated rings. The van der Waals surface area contributed by atoms with Crippen molar-refractivity contribution in [1.82, 2.24) is 4.90 Å². The van der Waals surface area contributed by atoms with E-state index in [0.29, 0.717) is 18.2 Å². The Kier molecular flexibility index (Phi) is 2.45. The molecule has 3 nitrogen and oxygen atoms in total. The maximum absolute atomic E-state index is 10.7. The van der Waals surface area contributed by atoms with Crippen molar-refractivity contribution in [3.8, 4) is 0 Å². The van der Waals surface area contributed by atoms with Crippen molar-refractivity contribution in [3.05, 3.63) is 0 Å². The molecule has 1 aliphatic heterocycles. The maximum atomic E-state index is 10.7. The topological polar surface area (TPSA) is 37.4 Å². The van der Waals surface area contributed by atoms with Crippen LogP contribution in [0.3, 0.4) is 0 Å². The fourth-order valence-electron chi connectivity index (χ4n) is 0.654. The van der Waals surface area contributed by atoms with Crippen molar-refractivity contribution in [1.29, 1.82) is 0 Å². The Hall–Kier alpha value is 0.350. The van der Waals surface area contributed by atoms with Gasteiger partial charge in [-0.25, -0.2) is 0 Å². The van der Waals surface area contributed by atoms with Gasteiger partial charge in [0.2, 0.25) is 0 Å². The summed E-state index contributed by atoms with van der Waals surface area (Å²) in [6.07, 6.45) is 0. The summed E-state index contributed by atoms with van der Waals surface area (Å²) >= 11 is 1.71. The molecule has 0 spiro atoms. The van der Waals surface area contributed by atoms with E-state index in [1.807, 2.05) is 0 Å². The molecule has 0 aromatic carbocycles. The van der Waals surface area contributed by atoms with Gasteiger partial charge in [0.25, 0.3) is 3.91 Å². The lowest BCUT2D eigenvalue weighted by Crippen LogP contribution is -2.21. The molecule has 0 saturated carbocycles. The smallest absolute Gasteiger partial charge is 0.283 e. The fourth-order valence-corrected chi connectivity index (χ4v) is 2.44. The van der Waals surface area contributed by atoms with Crippen LogP contribution in [0.2, 0.25) is 0 Å². The Labute approximate surface area is 69.4 Å². The van der Waals surface area contributed by atoms with E-state index in [1.54, 1.807) is 27.5 Å². The first kappa shape index (κ1) is 7.46. The lowest BCUT2D eigenvalue weighted by atomic mass is 10.7. The summed E-state index contributed by atoms with van der Waals surface area (Å²) < 4.78 is 10.7. The quantitative estimate of drug-likeness (QED) is 0.362. The number of carbonyl (C=O) groups excluding carboxylic acids is 1. The molecule has 0 aromatic rings. The van der Waals surface area contributed by atoms with E-state index in [-0.39, 0.29) is 3.91 Å². The summed E-state index contributed by atoms with van der Waals surface area (Å²) in [6.45, 7) is 0.661. The van der Waals surface area contributed by atoms with Gasteiger partial charge in [0, 0.05) is 45.7 Å². The minimum atomic E-state index is -0.773. The van der Waals surface area contributed by atoms with Gasteiger partial charge in [-0.3, -0.25) is 9.00 Å². The van der Waals surface area contributed by atoms with Gasteiger partial charge < -0.3 is 4.90 Å². The summed E-state index contributed by atoms with van der Waals surface area (Å²) in [5, 5.41) is 0. The molecular weight excluding hydrogens is 253 g/mol. The molecule has 9 heavy (non-hydrogen) atoms. The molecule has 1 amide bonds. The molecule has 1 rings (SSSR count). The van der Waals surface area contributed by atoms with Gasteiger partial charge in [0.15, 0.2) is 0 Å². The van der Waals surface area contributed by atoms with Crippen LogP contribution < -0.4 is 0 Å². The predicted molar refractivity (Wildman–Crippen MR) is 44.0 cm³/mol. The standard InChI is InChI=1S/C4H6INO2S/c5-4(7)6-1-2-9(8)3-6/h1-3H2. The Morgan fingerprint density at radius 1 is 1.67 bits per heavy atom. The van der Waals surface area contributed by atoms with Crippen LogP contribution in [0.25, 0.3) is 0 Å². The largest absolute Gasteiger partial charge is 0.321 e. The molecule has 1 aliphatic rings. The van der Waals surface area contributed by atoms with E-state index in [2.05, 4.69) is 0 Å². The highest BCUT2D eigenvalue weighted by Gasteiger charge is 2.20. The van der Waals surface area contributed by atoms with Crippen LogP contribution in [-0.4, -0.2) is 31.2 Å². The second-order valence-corrected chi connectivity index (χ2v) is 4.26. The molecule has 1 saturated heterocycles. The third-order valence-corrected chi connectivity index (χ3v) is 3.06. The molecule has 0 bridgehead atoms. The number of hydrogen-bond donors (Lipinski definition) is 0. The lowest BCUT2D eigenvalue weighted by molar-refractivity contribution is 0.238. The minimum Gasteiger partial charge on any atom is -0.321 e. The average Bonchev–Trinajstić information content (AvgIpc) is 2.14. The Morgan fingerprint density at radius 3 is 2.56 bits per heavy atom. The number of halogens is 1. The molecular formula is C4H6INO2S. The molecule has 1 unspecified atom stereocenters. The monoisotopic (exact) mass is 259 g/mol. The van der Waals surface area contributed by atoms with E-state index in [4.69, 9.17) is 0 Å². The van der Waals surface area contributed by atoms with E-state index in [1.165, 1.54) is 0 Å². The summed E-state index contributed by atoms with van der Waals surface area (Å²) in [6, 6.07) is 0. The highest BCUT2D eigenvalue weighted by molar-refractivity contribution is 14.1. The van der Waals surface area contributed by atoms with Gasteiger partial charge in [0.05, 0.1) is 5.88 Å². The predicted octanol–water partition coefficient (Wildman–Crippen LogP) is 0.563. The van der Waals surface area contributed by atoms with Crippen LogP contribution in [0, 0.1) is 0 Å². The van der Waals surface area contributed by atoms with E-state index >= 15 is 0 Å². The zero-order valence-electron chi connectivity index (χ0n) is 4.67. The first-order valence-corrected chi connectivity index (χ1v) is 5.06. The number of rotatable bonds is 0. The minimum absolute atomic E-state index is 0.00144. The van der Waals surface area contributed by atoms with Crippen LogP contribution in [0.4, 0.5) is 4.79 Å². The highest BCUT2D eigenvalue weighted by atomic mass is 127. The number of nitrogens with zero attached hydrogens (tertiary/aromatic N) is 1. The third kappa shape index (κ3) is 1.89. The second kappa shape index (κ2) is 2.96. The first-order chi connectivity index (χ1) is 4.20. The van der Waals surface area contributed by atoms with E-state index < -0.39 is 10.8 Å². The highest BCUT2D eigenvalue weighted by Crippen LogP contribution is 2.07. The molecule has 1 atom stereocenters. The van der Waals surface area contributed by atoms with Crippen molar-refractivity contribution in [2.24, 2.45) is 0 Å². The summed E-state index contributed by atoms with van der Waals surface area (Å²) in [5.41, 5.74) is 0. The number of hydrogen-bond acceptors (Lipinski definition) is 2. The van der Waals surface area contributed by atoms with Crippen molar-refractivity contribution in [3.63, 3.8) is 0 Å². The summed E-state index contributed by atoms with van der Waals surface area (Å²) in [5.74, 6) is 1.08. The molecule has 0 aromatic heterocycles. The number of carbonyl (C=O) groups is 1. The van der Waals surface area contributed by atoms with Crippen LogP contribution in [0.1, 0.15) is 0 Å². The Bertz CT molecular complexity index is 161. The van der Waals surface area contributed by atoms with E-state index in [0.717, 1.165) is 0 Å². The van der Waals surface area contributed by atoms with Crippen molar-refractivity contribution in [2.45, 2.75) is 0 Å². The molecule has 1 heterocycles. The summed E-state index contributed by atoms with van der Waals surface area (Å²) in [4.78, 5) is 12.2. The van der Waals surface area contributed by atoms with Gasteiger partial charge in [-0.05, 0) is 0 Å². The zero-order valence-corrected chi connectivity index (χ0v) is 7.65. The van der Waals surface area contributed by atoms with Crippen LogP contribution in [-0.2, 0) is 10.8 Å². The fraction of sp³-hybridized carbons (Fsp3) is 0.750. The van der Waals surface area contributed by atoms with Crippen LogP contribution in [0.15, 0.2) is 0 Å². The number of amides is 1. The van der Waals surface area contributed by atoms with Gasteiger partial charge in [-0.15, -0.1) is 0 Å². The lowest BCUT2D eigenvalue weighted by Gasteiger charge is -2.06. The second-order valence-electron chi connectivity index (χ2n) is 1.79.